The average molecular weight is 288 g/mol. The first-order valence-electron chi connectivity index (χ1n) is 6.99. The standard InChI is InChI=1S/C14H20N6O/c1-14(2,3)21-13-10(15)4-5-11(17-13)19-6-7-20-9-16-18-12(20)8-19/h4-5,9H,6-8,15H2,1-3H3. The molecule has 0 spiro atoms. The van der Waals surface area contributed by atoms with Gasteiger partial charge < -0.3 is 19.9 Å². The molecule has 21 heavy (non-hydrogen) atoms. The largest absolute Gasteiger partial charge is 0.470 e. The molecule has 3 rings (SSSR count). The van der Waals surface area contributed by atoms with Crippen molar-refractivity contribution in [2.75, 3.05) is 17.2 Å². The third-order valence-electron chi connectivity index (χ3n) is 3.24. The van der Waals surface area contributed by atoms with Crippen molar-refractivity contribution in [1.29, 1.82) is 0 Å². The van der Waals surface area contributed by atoms with Crippen molar-refractivity contribution in [2.45, 2.75) is 39.5 Å². The SMILES string of the molecule is CC(C)(C)Oc1nc(N2CCn3cnnc3C2)ccc1N. The predicted octanol–water partition coefficient (Wildman–Crippen LogP) is 1.45. The monoisotopic (exact) mass is 288 g/mol. The molecule has 1 aliphatic heterocycles. The summed E-state index contributed by atoms with van der Waals surface area (Å²) in [5.74, 6) is 2.27. The minimum absolute atomic E-state index is 0.332. The molecule has 1 aliphatic rings. The second kappa shape index (κ2) is 4.91. The lowest BCUT2D eigenvalue weighted by atomic mass is 10.2. The molecule has 0 fully saturated rings. The maximum atomic E-state index is 5.95. The zero-order valence-corrected chi connectivity index (χ0v) is 12.6. The summed E-state index contributed by atoms with van der Waals surface area (Å²) in [4.78, 5) is 6.71. The van der Waals surface area contributed by atoms with E-state index >= 15 is 0 Å². The fourth-order valence-corrected chi connectivity index (χ4v) is 2.25. The van der Waals surface area contributed by atoms with Gasteiger partial charge in [0.05, 0.1) is 12.2 Å². The van der Waals surface area contributed by atoms with E-state index in [1.807, 2.05) is 32.9 Å². The van der Waals surface area contributed by atoms with Crippen molar-refractivity contribution in [1.82, 2.24) is 19.7 Å². The Bertz CT molecular complexity index is 645. The van der Waals surface area contributed by atoms with Gasteiger partial charge in [0.15, 0.2) is 5.82 Å². The molecule has 0 aromatic carbocycles. The molecule has 0 bridgehead atoms. The zero-order chi connectivity index (χ0) is 15.0. The van der Waals surface area contributed by atoms with E-state index in [9.17, 15) is 0 Å². The summed E-state index contributed by atoms with van der Waals surface area (Å²) in [5.41, 5.74) is 6.17. The number of pyridine rings is 1. The molecule has 7 heteroatoms. The molecule has 0 radical (unpaired) electrons. The Morgan fingerprint density at radius 2 is 2.05 bits per heavy atom. The van der Waals surface area contributed by atoms with Gasteiger partial charge >= 0.3 is 0 Å². The van der Waals surface area contributed by atoms with E-state index in [1.54, 1.807) is 6.33 Å². The first-order valence-corrected chi connectivity index (χ1v) is 6.99. The zero-order valence-electron chi connectivity index (χ0n) is 12.6. The Morgan fingerprint density at radius 3 is 2.81 bits per heavy atom. The van der Waals surface area contributed by atoms with Crippen LogP contribution in [0.25, 0.3) is 0 Å². The molecule has 112 valence electrons. The highest BCUT2D eigenvalue weighted by atomic mass is 16.5. The average Bonchev–Trinajstić information content (AvgIpc) is 2.87. The number of ether oxygens (including phenoxy) is 1. The number of nitrogen functional groups attached to an aromatic ring is 1. The van der Waals surface area contributed by atoms with Crippen molar-refractivity contribution < 1.29 is 4.74 Å². The molecule has 3 heterocycles. The second-order valence-corrected chi connectivity index (χ2v) is 6.14. The quantitative estimate of drug-likeness (QED) is 0.900. The molecule has 0 amide bonds. The molecule has 0 saturated heterocycles. The number of nitrogens with two attached hydrogens (primary N) is 1. The summed E-state index contributed by atoms with van der Waals surface area (Å²) in [7, 11) is 0. The lowest BCUT2D eigenvalue weighted by molar-refractivity contribution is 0.125. The van der Waals surface area contributed by atoms with Gasteiger partial charge in [-0.1, -0.05) is 0 Å². The summed E-state index contributed by atoms with van der Waals surface area (Å²) in [6.07, 6.45) is 1.76. The van der Waals surface area contributed by atoms with Gasteiger partial charge in [0, 0.05) is 13.1 Å². The number of hydrogen-bond acceptors (Lipinski definition) is 6. The smallest absolute Gasteiger partial charge is 0.239 e. The van der Waals surface area contributed by atoms with Crippen LogP contribution in [0, 0.1) is 0 Å². The van der Waals surface area contributed by atoms with Crippen molar-refractivity contribution >= 4 is 11.5 Å². The molecule has 0 unspecified atom stereocenters. The van der Waals surface area contributed by atoms with Crippen molar-refractivity contribution in [3.63, 3.8) is 0 Å². The van der Waals surface area contributed by atoms with Crippen LogP contribution in [0.1, 0.15) is 26.6 Å². The third-order valence-corrected chi connectivity index (χ3v) is 3.24. The van der Waals surface area contributed by atoms with Gasteiger partial charge in [0.25, 0.3) is 0 Å². The Labute approximate surface area is 123 Å². The Hall–Kier alpha value is -2.31. The number of nitrogens with zero attached hydrogens (tertiary/aromatic N) is 5. The molecule has 0 atom stereocenters. The number of hydrogen-bond donors (Lipinski definition) is 1. The van der Waals surface area contributed by atoms with Gasteiger partial charge in [0.2, 0.25) is 5.88 Å². The summed E-state index contributed by atoms with van der Waals surface area (Å²) in [6.45, 7) is 8.32. The van der Waals surface area contributed by atoms with Crippen LogP contribution in [0.5, 0.6) is 5.88 Å². The molecule has 0 saturated carbocycles. The molecule has 2 N–H and O–H groups in total. The van der Waals surface area contributed by atoms with Crippen LogP contribution in [-0.4, -0.2) is 31.9 Å². The highest BCUT2D eigenvalue weighted by molar-refractivity contribution is 5.55. The Kier molecular flexibility index (Phi) is 3.19. The van der Waals surface area contributed by atoms with E-state index in [-0.39, 0.29) is 5.60 Å². The lowest BCUT2D eigenvalue weighted by Crippen LogP contribution is -2.34. The summed E-state index contributed by atoms with van der Waals surface area (Å²) < 4.78 is 7.88. The van der Waals surface area contributed by atoms with Gasteiger partial charge in [-0.3, -0.25) is 0 Å². The molecule has 2 aromatic heterocycles. The predicted molar refractivity (Wildman–Crippen MR) is 80.1 cm³/mol. The van der Waals surface area contributed by atoms with Crippen LogP contribution in [0.3, 0.4) is 0 Å². The van der Waals surface area contributed by atoms with E-state index in [4.69, 9.17) is 10.5 Å². The second-order valence-electron chi connectivity index (χ2n) is 6.14. The van der Waals surface area contributed by atoms with Crippen LogP contribution < -0.4 is 15.4 Å². The van der Waals surface area contributed by atoms with Gasteiger partial charge in [-0.05, 0) is 32.9 Å². The van der Waals surface area contributed by atoms with Crippen LogP contribution >= 0.6 is 0 Å². The van der Waals surface area contributed by atoms with E-state index in [0.29, 0.717) is 18.1 Å². The summed E-state index contributed by atoms with van der Waals surface area (Å²) >= 11 is 0. The third kappa shape index (κ3) is 2.91. The summed E-state index contributed by atoms with van der Waals surface area (Å²) in [5, 5.41) is 8.05. The minimum Gasteiger partial charge on any atom is -0.470 e. The molecular weight excluding hydrogens is 268 g/mol. The molecule has 0 aliphatic carbocycles. The Morgan fingerprint density at radius 1 is 1.24 bits per heavy atom. The van der Waals surface area contributed by atoms with Gasteiger partial charge in [-0.15, -0.1) is 10.2 Å². The first-order chi connectivity index (χ1) is 9.92. The first kappa shape index (κ1) is 13.7. The van der Waals surface area contributed by atoms with Crippen molar-refractivity contribution in [3.8, 4) is 5.88 Å². The van der Waals surface area contributed by atoms with Gasteiger partial charge in [-0.25, -0.2) is 0 Å². The lowest BCUT2D eigenvalue weighted by Gasteiger charge is -2.29. The Balaban J connectivity index is 1.85. The molecule has 2 aromatic rings. The van der Waals surface area contributed by atoms with Gasteiger partial charge in [0.1, 0.15) is 17.7 Å². The van der Waals surface area contributed by atoms with Crippen molar-refractivity contribution in [3.05, 3.63) is 24.3 Å². The number of aromatic nitrogens is 4. The fraction of sp³-hybridized carbons (Fsp3) is 0.500. The highest BCUT2D eigenvalue weighted by Crippen LogP contribution is 2.27. The minimum atomic E-state index is -0.332. The molecule has 7 nitrogen and oxygen atoms in total. The molecular formula is C14H20N6O. The maximum absolute atomic E-state index is 5.95. The maximum Gasteiger partial charge on any atom is 0.239 e. The van der Waals surface area contributed by atoms with Crippen LogP contribution in [-0.2, 0) is 13.1 Å². The normalized spacial score (nSPS) is 14.9. The van der Waals surface area contributed by atoms with E-state index in [0.717, 1.165) is 24.7 Å². The number of fused-ring (bicyclic) bond motifs is 1. The van der Waals surface area contributed by atoms with E-state index < -0.39 is 0 Å². The van der Waals surface area contributed by atoms with Crippen molar-refractivity contribution in [2.24, 2.45) is 0 Å². The van der Waals surface area contributed by atoms with Crippen LogP contribution in [0.2, 0.25) is 0 Å². The van der Waals surface area contributed by atoms with Crippen LogP contribution in [0.4, 0.5) is 11.5 Å². The van der Waals surface area contributed by atoms with Crippen LogP contribution in [0.15, 0.2) is 18.5 Å². The highest BCUT2D eigenvalue weighted by Gasteiger charge is 2.21. The number of anilines is 2. The van der Waals surface area contributed by atoms with Gasteiger partial charge in [-0.2, -0.15) is 4.98 Å². The van der Waals surface area contributed by atoms with E-state index in [1.165, 1.54) is 0 Å². The number of rotatable bonds is 2. The van der Waals surface area contributed by atoms with E-state index in [2.05, 4.69) is 24.6 Å². The topological polar surface area (TPSA) is 82.1 Å². The summed E-state index contributed by atoms with van der Waals surface area (Å²) in [6, 6.07) is 3.75. The fourth-order valence-electron chi connectivity index (χ4n) is 2.25.